The van der Waals surface area contributed by atoms with E-state index in [-0.39, 0.29) is 5.91 Å². The van der Waals surface area contributed by atoms with Crippen LogP contribution in [0.25, 0.3) is 6.08 Å². The minimum absolute atomic E-state index is 0.170. The number of furan rings is 1. The topological polar surface area (TPSA) is 42.2 Å². The lowest BCUT2D eigenvalue weighted by atomic mass is 10.3. The smallest absolute Gasteiger partial charge is 0.263 e. The molecule has 0 atom stereocenters. The number of carbonyl (C=O) groups excluding carboxylic acids is 1. The number of thiocarbonyl (C=S) groups is 1. The number of hydrogen-bond acceptors (Lipinski definition) is 4. The molecule has 3 nitrogen and oxygen atoms in total. The van der Waals surface area contributed by atoms with Gasteiger partial charge < -0.3 is 9.73 Å². The molecular weight excluding hydrogens is 242 g/mol. The van der Waals surface area contributed by atoms with Gasteiger partial charge in [-0.15, -0.1) is 6.58 Å². The molecule has 2 rings (SSSR count). The molecule has 2 heterocycles. The molecule has 82 valence electrons. The highest BCUT2D eigenvalue weighted by atomic mass is 32.2. The van der Waals surface area contributed by atoms with Gasteiger partial charge in [0.2, 0.25) is 0 Å². The van der Waals surface area contributed by atoms with E-state index in [2.05, 4.69) is 11.9 Å². The number of amides is 1. The van der Waals surface area contributed by atoms with Crippen molar-refractivity contribution in [1.29, 1.82) is 0 Å². The molecule has 5 heteroatoms. The van der Waals surface area contributed by atoms with Crippen LogP contribution in [0.2, 0.25) is 0 Å². The lowest BCUT2D eigenvalue weighted by molar-refractivity contribution is -0.115. The van der Waals surface area contributed by atoms with Gasteiger partial charge in [0.05, 0.1) is 4.91 Å². The van der Waals surface area contributed by atoms with Crippen LogP contribution in [0.5, 0.6) is 0 Å². The first-order valence-corrected chi connectivity index (χ1v) is 5.86. The van der Waals surface area contributed by atoms with Crippen molar-refractivity contribution in [1.82, 2.24) is 5.32 Å². The van der Waals surface area contributed by atoms with Crippen LogP contribution in [0.3, 0.4) is 0 Å². The third-order valence-corrected chi connectivity index (χ3v) is 3.11. The first kappa shape index (κ1) is 11.2. The summed E-state index contributed by atoms with van der Waals surface area (Å²) in [7, 11) is 0. The molecule has 1 N–H and O–H groups in total. The second-order valence-electron chi connectivity index (χ2n) is 3.15. The highest BCUT2D eigenvalue weighted by Crippen LogP contribution is 2.26. The number of thioether (sulfide) groups is 1. The number of carbonyl (C=O) groups is 1. The van der Waals surface area contributed by atoms with Crippen molar-refractivity contribution in [2.45, 2.75) is 6.42 Å². The standard InChI is InChI=1S/C11H9NO2S2/c1-2-3-7-4-5-8(14-7)6-9-10(13)12-11(15)16-9/h2,4-6H,1,3H2,(H,12,13,15)/b9-6-. The van der Waals surface area contributed by atoms with Crippen molar-refractivity contribution in [2.24, 2.45) is 0 Å². The Morgan fingerprint density at radius 3 is 3.00 bits per heavy atom. The first-order valence-electron chi connectivity index (χ1n) is 4.63. The summed E-state index contributed by atoms with van der Waals surface area (Å²) in [4.78, 5) is 11.9. The van der Waals surface area contributed by atoms with Crippen molar-refractivity contribution in [3.63, 3.8) is 0 Å². The maximum absolute atomic E-state index is 11.4. The quantitative estimate of drug-likeness (QED) is 0.509. The van der Waals surface area contributed by atoms with E-state index in [0.717, 1.165) is 5.76 Å². The van der Waals surface area contributed by atoms with Gasteiger partial charge in [-0.05, 0) is 12.1 Å². The average Bonchev–Trinajstić information content (AvgIpc) is 2.76. The molecule has 0 aliphatic carbocycles. The molecular formula is C11H9NO2S2. The summed E-state index contributed by atoms with van der Waals surface area (Å²) in [6, 6.07) is 3.69. The third-order valence-electron chi connectivity index (χ3n) is 1.94. The van der Waals surface area contributed by atoms with Crippen LogP contribution >= 0.6 is 24.0 Å². The van der Waals surface area contributed by atoms with E-state index in [4.69, 9.17) is 16.6 Å². The van der Waals surface area contributed by atoms with Gasteiger partial charge in [-0.1, -0.05) is 30.1 Å². The monoisotopic (exact) mass is 251 g/mol. The fraction of sp³-hybridized carbons (Fsp3) is 0.0909. The van der Waals surface area contributed by atoms with Gasteiger partial charge in [-0.25, -0.2) is 0 Å². The molecule has 16 heavy (non-hydrogen) atoms. The van der Waals surface area contributed by atoms with E-state index < -0.39 is 0 Å². The maximum atomic E-state index is 11.4. The summed E-state index contributed by atoms with van der Waals surface area (Å²) in [5.41, 5.74) is 0. The van der Waals surface area contributed by atoms with Crippen molar-refractivity contribution < 1.29 is 9.21 Å². The summed E-state index contributed by atoms with van der Waals surface area (Å²) in [6.07, 6.45) is 4.13. The van der Waals surface area contributed by atoms with Crippen LogP contribution in [-0.4, -0.2) is 10.2 Å². The molecule has 0 bridgehead atoms. The fourth-order valence-corrected chi connectivity index (χ4v) is 2.30. The van der Waals surface area contributed by atoms with Crippen molar-refractivity contribution in [2.75, 3.05) is 0 Å². The highest BCUT2D eigenvalue weighted by Gasteiger charge is 2.22. The zero-order chi connectivity index (χ0) is 11.5. The lowest BCUT2D eigenvalue weighted by Crippen LogP contribution is -2.17. The van der Waals surface area contributed by atoms with E-state index >= 15 is 0 Å². The molecule has 0 saturated carbocycles. The van der Waals surface area contributed by atoms with E-state index in [0.29, 0.717) is 21.4 Å². The second kappa shape index (κ2) is 4.67. The summed E-state index contributed by atoms with van der Waals surface area (Å²) >= 11 is 6.13. The molecule has 0 unspecified atom stereocenters. The zero-order valence-electron chi connectivity index (χ0n) is 8.36. The van der Waals surface area contributed by atoms with E-state index in [1.807, 2.05) is 12.1 Å². The number of rotatable bonds is 3. The molecule has 1 aliphatic rings. The Bertz CT molecular complexity index is 488. The molecule has 1 aliphatic heterocycles. The number of allylic oxidation sites excluding steroid dienone is 1. The number of hydrogen-bond donors (Lipinski definition) is 1. The molecule has 1 saturated heterocycles. The molecule has 1 amide bonds. The van der Waals surface area contributed by atoms with E-state index in [1.165, 1.54) is 11.8 Å². The van der Waals surface area contributed by atoms with Crippen molar-refractivity contribution >= 4 is 40.3 Å². The Morgan fingerprint density at radius 1 is 1.56 bits per heavy atom. The molecule has 1 aromatic heterocycles. The number of nitrogens with one attached hydrogen (secondary N) is 1. The molecule has 1 fully saturated rings. The minimum atomic E-state index is -0.170. The predicted octanol–water partition coefficient (Wildman–Crippen LogP) is 2.50. The van der Waals surface area contributed by atoms with Gasteiger partial charge in [-0.3, -0.25) is 4.79 Å². The van der Waals surface area contributed by atoms with Crippen molar-refractivity contribution in [3.8, 4) is 0 Å². The van der Waals surface area contributed by atoms with Gasteiger partial charge in [0, 0.05) is 12.5 Å². The van der Waals surface area contributed by atoms with Crippen LogP contribution in [0.15, 0.2) is 34.1 Å². The third kappa shape index (κ3) is 2.43. The largest absolute Gasteiger partial charge is 0.461 e. The van der Waals surface area contributed by atoms with Gasteiger partial charge in [-0.2, -0.15) is 0 Å². The average molecular weight is 251 g/mol. The molecule has 1 aromatic rings. The fourth-order valence-electron chi connectivity index (χ4n) is 1.27. The predicted molar refractivity (Wildman–Crippen MR) is 68.9 cm³/mol. The van der Waals surface area contributed by atoms with E-state index in [1.54, 1.807) is 12.2 Å². The molecule has 0 spiro atoms. The normalized spacial score (nSPS) is 17.9. The Hall–Kier alpha value is -1.33. The van der Waals surface area contributed by atoms with Gasteiger partial charge in [0.15, 0.2) is 0 Å². The Labute approximate surface area is 103 Å². The second-order valence-corrected chi connectivity index (χ2v) is 4.87. The molecule has 0 aromatic carbocycles. The Balaban J connectivity index is 2.19. The van der Waals surface area contributed by atoms with Crippen LogP contribution in [0.4, 0.5) is 0 Å². The van der Waals surface area contributed by atoms with Crippen LogP contribution in [-0.2, 0) is 11.2 Å². The molecule has 0 radical (unpaired) electrons. The summed E-state index contributed by atoms with van der Waals surface area (Å²) in [6.45, 7) is 3.63. The minimum Gasteiger partial charge on any atom is -0.461 e. The summed E-state index contributed by atoms with van der Waals surface area (Å²) in [5, 5.41) is 2.55. The first-order chi connectivity index (χ1) is 7.69. The Kier molecular flexibility index (Phi) is 3.26. The summed E-state index contributed by atoms with van der Waals surface area (Å²) in [5.74, 6) is 1.31. The lowest BCUT2D eigenvalue weighted by Gasteiger charge is -1.90. The van der Waals surface area contributed by atoms with Crippen LogP contribution < -0.4 is 5.32 Å². The van der Waals surface area contributed by atoms with Gasteiger partial charge in [0.25, 0.3) is 5.91 Å². The highest BCUT2D eigenvalue weighted by molar-refractivity contribution is 8.26. The van der Waals surface area contributed by atoms with Gasteiger partial charge >= 0.3 is 0 Å². The van der Waals surface area contributed by atoms with Gasteiger partial charge in [0.1, 0.15) is 15.8 Å². The zero-order valence-corrected chi connectivity index (χ0v) is 9.99. The van der Waals surface area contributed by atoms with E-state index in [9.17, 15) is 4.79 Å². The summed E-state index contributed by atoms with van der Waals surface area (Å²) < 4.78 is 5.97. The maximum Gasteiger partial charge on any atom is 0.263 e. The SMILES string of the molecule is C=CCc1ccc(/C=C2\SC(=S)NC2=O)o1. The van der Waals surface area contributed by atoms with Crippen LogP contribution in [0, 0.1) is 0 Å². The van der Waals surface area contributed by atoms with Crippen molar-refractivity contribution in [3.05, 3.63) is 41.2 Å². The van der Waals surface area contributed by atoms with Crippen LogP contribution in [0.1, 0.15) is 11.5 Å². The Morgan fingerprint density at radius 2 is 2.38 bits per heavy atom.